The van der Waals surface area contributed by atoms with E-state index in [1.165, 1.54) is 28.6 Å². The molecule has 0 bridgehead atoms. The zero-order chi connectivity index (χ0) is 14.9. The number of carboxylic acid groups (broad SMARTS) is 1. The topological polar surface area (TPSA) is 74.7 Å². The second-order valence-electron chi connectivity index (χ2n) is 5.44. The largest absolute Gasteiger partial charge is 0.478 e. The van der Waals surface area contributed by atoms with Gasteiger partial charge < -0.3 is 5.11 Å². The van der Waals surface area contributed by atoms with Gasteiger partial charge in [-0.3, -0.25) is 0 Å². The Kier molecular flexibility index (Phi) is 4.15. The Bertz CT molecular complexity index is 594. The molecule has 1 N–H and O–H groups in total. The van der Waals surface area contributed by atoms with Crippen molar-refractivity contribution in [2.75, 3.05) is 13.1 Å². The molecule has 1 saturated heterocycles. The third kappa shape index (κ3) is 2.86. The summed E-state index contributed by atoms with van der Waals surface area (Å²) in [5.41, 5.74) is 0.0876. The van der Waals surface area contributed by atoms with Crippen LogP contribution in [0.1, 0.15) is 30.6 Å². The second kappa shape index (κ2) is 5.54. The lowest BCUT2D eigenvalue weighted by Crippen LogP contribution is -2.42. The molecular formula is C14H19NO4S. The Hall–Kier alpha value is -1.40. The van der Waals surface area contributed by atoms with Crippen LogP contribution in [0.25, 0.3) is 0 Å². The van der Waals surface area contributed by atoms with Crippen molar-refractivity contribution in [2.45, 2.75) is 25.2 Å². The normalized spacial score (nSPS) is 24.5. The van der Waals surface area contributed by atoms with E-state index in [1.54, 1.807) is 0 Å². The van der Waals surface area contributed by atoms with E-state index < -0.39 is 16.0 Å². The molecule has 5 nitrogen and oxygen atoms in total. The van der Waals surface area contributed by atoms with Gasteiger partial charge >= 0.3 is 5.97 Å². The van der Waals surface area contributed by atoms with Crippen LogP contribution >= 0.6 is 0 Å². The Balaban J connectivity index is 2.24. The predicted octanol–water partition coefficient (Wildman–Crippen LogP) is 2.05. The van der Waals surface area contributed by atoms with Crippen molar-refractivity contribution in [3.8, 4) is 0 Å². The van der Waals surface area contributed by atoms with Gasteiger partial charge in [0.2, 0.25) is 10.0 Å². The number of piperidine rings is 1. The molecule has 2 unspecified atom stereocenters. The minimum atomic E-state index is -3.52. The van der Waals surface area contributed by atoms with Gasteiger partial charge in [0, 0.05) is 13.1 Å². The van der Waals surface area contributed by atoms with Crippen LogP contribution in [0.15, 0.2) is 29.2 Å². The fraction of sp³-hybridized carbons (Fsp3) is 0.500. The monoisotopic (exact) mass is 297 g/mol. The SMILES string of the molecule is CC1CCN(S(=O)(=O)c2ccc(C(=O)O)cc2)CC1C. The molecule has 2 rings (SSSR count). The lowest BCUT2D eigenvalue weighted by Gasteiger charge is -2.34. The minimum absolute atomic E-state index is 0.0876. The van der Waals surface area contributed by atoms with Crippen molar-refractivity contribution in [1.82, 2.24) is 4.31 Å². The van der Waals surface area contributed by atoms with E-state index in [2.05, 4.69) is 13.8 Å². The van der Waals surface area contributed by atoms with Crippen LogP contribution < -0.4 is 0 Å². The lowest BCUT2D eigenvalue weighted by molar-refractivity contribution is 0.0696. The van der Waals surface area contributed by atoms with Crippen molar-refractivity contribution in [3.63, 3.8) is 0 Å². The molecule has 110 valence electrons. The second-order valence-corrected chi connectivity index (χ2v) is 7.37. The molecule has 0 spiro atoms. The summed E-state index contributed by atoms with van der Waals surface area (Å²) >= 11 is 0. The molecular weight excluding hydrogens is 278 g/mol. The summed E-state index contributed by atoms with van der Waals surface area (Å²) in [5, 5.41) is 8.83. The van der Waals surface area contributed by atoms with Crippen LogP contribution in [0.2, 0.25) is 0 Å². The first-order valence-electron chi connectivity index (χ1n) is 6.66. The Labute approximate surface area is 119 Å². The number of aromatic carboxylic acids is 1. The van der Waals surface area contributed by atoms with Crippen LogP contribution in [-0.2, 0) is 10.0 Å². The third-order valence-electron chi connectivity index (χ3n) is 4.04. The van der Waals surface area contributed by atoms with Gasteiger partial charge in [-0.2, -0.15) is 4.31 Å². The highest BCUT2D eigenvalue weighted by Gasteiger charge is 2.31. The maximum absolute atomic E-state index is 12.5. The fourth-order valence-electron chi connectivity index (χ4n) is 2.36. The lowest BCUT2D eigenvalue weighted by atomic mass is 9.90. The summed E-state index contributed by atoms with van der Waals surface area (Å²) in [6, 6.07) is 5.37. The van der Waals surface area contributed by atoms with Gasteiger partial charge in [0.1, 0.15) is 0 Å². The molecule has 0 amide bonds. The first-order valence-corrected chi connectivity index (χ1v) is 8.10. The number of carbonyl (C=O) groups is 1. The number of carboxylic acids is 1. The van der Waals surface area contributed by atoms with Crippen molar-refractivity contribution in [3.05, 3.63) is 29.8 Å². The molecule has 1 aliphatic heterocycles. The number of sulfonamides is 1. The summed E-state index contributed by atoms with van der Waals surface area (Å²) < 4.78 is 26.5. The van der Waals surface area contributed by atoms with Crippen LogP contribution in [0.5, 0.6) is 0 Å². The fourth-order valence-corrected chi connectivity index (χ4v) is 3.92. The van der Waals surface area contributed by atoms with Crippen molar-refractivity contribution in [1.29, 1.82) is 0 Å². The molecule has 6 heteroatoms. The van der Waals surface area contributed by atoms with Gasteiger partial charge in [-0.1, -0.05) is 13.8 Å². The van der Waals surface area contributed by atoms with Crippen LogP contribution in [-0.4, -0.2) is 36.9 Å². The standard InChI is InChI=1S/C14H19NO4S/c1-10-7-8-15(9-11(10)2)20(18,19)13-5-3-12(4-6-13)14(16)17/h3-6,10-11H,7-9H2,1-2H3,(H,16,17). The first-order chi connectivity index (χ1) is 9.32. The van der Waals surface area contributed by atoms with Crippen LogP contribution in [0.4, 0.5) is 0 Å². The maximum atomic E-state index is 12.5. The molecule has 20 heavy (non-hydrogen) atoms. The molecule has 0 aromatic heterocycles. The molecule has 1 heterocycles. The molecule has 1 aromatic rings. The predicted molar refractivity (Wildman–Crippen MR) is 75.1 cm³/mol. The minimum Gasteiger partial charge on any atom is -0.478 e. The molecule has 1 aliphatic rings. The number of benzene rings is 1. The van der Waals surface area contributed by atoms with Crippen molar-refractivity contribution >= 4 is 16.0 Å². The molecule has 1 aromatic carbocycles. The summed E-state index contributed by atoms with van der Waals surface area (Å²) in [5.74, 6) is -0.206. The highest BCUT2D eigenvalue weighted by molar-refractivity contribution is 7.89. The molecule has 0 aliphatic carbocycles. The van der Waals surface area contributed by atoms with Gasteiger partial charge in [-0.05, 0) is 42.5 Å². The van der Waals surface area contributed by atoms with Gasteiger partial charge in [-0.25, -0.2) is 13.2 Å². The van der Waals surface area contributed by atoms with E-state index in [4.69, 9.17) is 5.11 Å². The highest BCUT2D eigenvalue weighted by Crippen LogP contribution is 2.27. The van der Waals surface area contributed by atoms with E-state index in [9.17, 15) is 13.2 Å². The van der Waals surface area contributed by atoms with Crippen molar-refractivity contribution < 1.29 is 18.3 Å². The average molecular weight is 297 g/mol. The highest BCUT2D eigenvalue weighted by atomic mass is 32.2. The van der Waals surface area contributed by atoms with Gasteiger partial charge in [0.05, 0.1) is 10.5 Å². The maximum Gasteiger partial charge on any atom is 0.335 e. The number of rotatable bonds is 3. The first kappa shape index (κ1) is 15.0. The summed E-state index contributed by atoms with van der Waals surface area (Å²) in [6.07, 6.45) is 0.855. The molecule has 0 radical (unpaired) electrons. The Morgan fingerprint density at radius 3 is 2.30 bits per heavy atom. The summed E-state index contributed by atoms with van der Waals surface area (Å²) in [7, 11) is -3.52. The third-order valence-corrected chi connectivity index (χ3v) is 5.92. The van der Waals surface area contributed by atoms with E-state index in [-0.39, 0.29) is 10.5 Å². The molecule has 2 atom stereocenters. The van der Waals surface area contributed by atoms with Crippen LogP contribution in [0, 0.1) is 11.8 Å². The smallest absolute Gasteiger partial charge is 0.335 e. The molecule has 1 fully saturated rings. The van der Waals surface area contributed by atoms with Crippen LogP contribution in [0.3, 0.4) is 0 Å². The van der Waals surface area contributed by atoms with Gasteiger partial charge in [0.15, 0.2) is 0 Å². The van der Waals surface area contributed by atoms with E-state index in [1.807, 2.05) is 0 Å². The summed E-state index contributed by atoms with van der Waals surface area (Å²) in [6.45, 7) is 5.23. The van der Waals surface area contributed by atoms with E-state index in [0.717, 1.165) is 6.42 Å². The zero-order valence-electron chi connectivity index (χ0n) is 11.6. The van der Waals surface area contributed by atoms with Gasteiger partial charge in [0.25, 0.3) is 0 Å². The zero-order valence-corrected chi connectivity index (χ0v) is 12.4. The van der Waals surface area contributed by atoms with Gasteiger partial charge in [-0.15, -0.1) is 0 Å². The number of nitrogens with zero attached hydrogens (tertiary/aromatic N) is 1. The number of hydrogen-bond acceptors (Lipinski definition) is 3. The Morgan fingerprint density at radius 1 is 1.20 bits per heavy atom. The quantitative estimate of drug-likeness (QED) is 0.926. The number of hydrogen-bond donors (Lipinski definition) is 1. The molecule has 0 saturated carbocycles. The van der Waals surface area contributed by atoms with E-state index in [0.29, 0.717) is 24.9 Å². The van der Waals surface area contributed by atoms with Crippen molar-refractivity contribution in [2.24, 2.45) is 11.8 Å². The van der Waals surface area contributed by atoms with E-state index >= 15 is 0 Å². The summed E-state index contributed by atoms with van der Waals surface area (Å²) in [4.78, 5) is 10.9. The Morgan fingerprint density at radius 2 is 1.80 bits per heavy atom. The average Bonchev–Trinajstić information content (AvgIpc) is 2.41.